The molecule has 0 heterocycles. The molecule has 21 heavy (non-hydrogen) atoms. The highest BCUT2D eigenvalue weighted by atomic mass is 16.5. The maximum Gasteiger partial charge on any atom is 0.252 e. The molecule has 2 aromatic rings. The van der Waals surface area contributed by atoms with E-state index in [0.717, 1.165) is 5.56 Å². The fourth-order valence-corrected chi connectivity index (χ4v) is 1.89. The molecule has 1 unspecified atom stereocenters. The molecule has 0 radical (unpaired) electrons. The first kappa shape index (κ1) is 14.9. The molecule has 0 saturated carbocycles. The van der Waals surface area contributed by atoms with Crippen LogP contribution in [0.15, 0.2) is 48.5 Å². The number of ether oxygens (including phenoxy) is 1. The van der Waals surface area contributed by atoms with Crippen molar-refractivity contribution in [3.8, 4) is 11.5 Å². The molecule has 5 heteroatoms. The van der Waals surface area contributed by atoms with E-state index in [1.54, 1.807) is 6.07 Å². The van der Waals surface area contributed by atoms with Gasteiger partial charge in [0.1, 0.15) is 17.7 Å². The number of primary amides is 1. The molecule has 2 aromatic carbocycles. The minimum absolute atomic E-state index is 0.0442. The van der Waals surface area contributed by atoms with E-state index < -0.39 is 5.91 Å². The molecule has 0 fully saturated rings. The first-order valence-electron chi connectivity index (χ1n) is 6.63. The number of nitrogens with two attached hydrogens (primary N) is 1. The van der Waals surface area contributed by atoms with Crippen LogP contribution in [0, 0.1) is 0 Å². The SMILES string of the molecule is CC(NCc1ccccc1)Oc1ccc(O)c(C(N)=O)c1. The van der Waals surface area contributed by atoms with Gasteiger partial charge >= 0.3 is 0 Å². The molecule has 0 aliphatic heterocycles. The third kappa shape index (κ3) is 4.22. The van der Waals surface area contributed by atoms with Gasteiger partial charge in [-0.25, -0.2) is 0 Å². The Balaban J connectivity index is 1.95. The number of phenols is 1. The Labute approximate surface area is 123 Å². The number of carbonyl (C=O) groups is 1. The standard InChI is InChI=1S/C16H18N2O3/c1-11(18-10-12-5-3-2-4-6-12)21-13-7-8-15(19)14(9-13)16(17)20/h2-9,11,18-19H,10H2,1H3,(H2,17,20). The lowest BCUT2D eigenvalue weighted by Crippen LogP contribution is -2.31. The van der Waals surface area contributed by atoms with Crippen LogP contribution in [0.1, 0.15) is 22.8 Å². The van der Waals surface area contributed by atoms with E-state index >= 15 is 0 Å². The van der Waals surface area contributed by atoms with Gasteiger partial charge in [-0.05, 0) is 30.7 Å². The Morgan fingerprint density at radius 2 is 2.00 bits per heavy atom. The second-order valence-corrected chi connectivity index (χ2v) is 4.67. The monoisotopic (exact) mass is 286 g/mol. The normalized spacial score (nSPS) is 11.9. The average molecular weight is 286 g/mol. The van der Waals surface area contributed by atoms with Crippen LogP contribution >= 0.6 is 0 Å². The van der Waals surface area contributed by atoms with Gasteiger partial charge in [0.05, 0.1) is 5.56 Å². The molecule has 2 rings (SSSR count). The molecule has 0 bridgehead atoms. The lowest BCUT2D eigenvalue weighted by Gasteiger charge is -2.17. The fraction of sp³-hybridized carbons (Fsp3) is 0.188. The Morgan fingerprint density at radius 1 is 1.29 bits per heavy atom. The smallest absolute Gasteiger partial charge is 0.252 e. The van der Waals surface area contributed by atoms with Crippen molar-refractivity contribution in [2.24, 2.45) is 5.73 Å². The molecule has 1 amide bonds. The first-order chi connectivity index (χ1) is 10.1. The molecule has 1 atom stereocenters. The van der Waals surface area contributed by atoms with Crippen molar-refractivity contribution in [1.82, 2.24) is 5.32 Å². The summed E-state index contributed by atoms with van der Waals surface area (Å²) in [5.41, 5.74) is 6.37. The Bertz CT molecular complexity index is 614. The van der Waals surface area contributed by atoms with E-state index in [0.29, 0.717) is 12.3 Å². The van der Waals surface area contributed by atoms with Crippen molar-refractivity contribution in [2.75, 3.05) is 0 Å². The number of aromatic hydroxyl groups is 1. The zero-order valence-electron chi connectivity index (χ0n) is 11.7. The number of rotatable bonds is 6. The van der Waals surface area contributed by atoms with Crippen LogP contribution in [0.5, 0.6) is 11.5 Å². The molecular weight excluding hydrogens is 268 g/mol. The molecule has 0 saturated heterocycles. The van der Waals surface area contributed by atoms with Gasteiger partial charge in [0, 0.05) is 6.54 Å². The predicted octanol–water partition coefficient (Wildman–Crippen LogP) is 2.01. The molecule has 0 aliphatic rings. The summed E-state index contributed by atoms with van der Waals surface area (Å²) in [6.45, 7) is 2.53. The maximum atomic E-state index is 11.2. The summed E-state index contributed by atoms with van der Waals surface area (Å²) in [5, 5.41) is 12.7. The van der Waals surface area contributed by atoms with Crippen molar-refractivity contribution in [3.05, 3.63) is 59.7 Å². The Hall–Kier alpha value is -2.53. The quantitative estimate of drug-likeness (QED) is 0.709. The van der Waals surface area contributed by atoms with Crippen LogP contribution in [0.2, 0.25) is 0 Å². The van der Waals surface area contributed by atoms with Gasteiger partial charge < -0.3 is 15.6 Å². The van der Waals surface area contributed by atoms with Crippen molar-refractivity contribution < 1.29 is 14.6 Å². The van der Waals surface area contributed by atoms with Crippen molar-refractivity contribution in [2.45, 2.75) is 19.7 Å². The molecule has 4 N–H and O–H groups in total. The third-order valence-electron chi connectivity index (χ3n) is 2.98. The predicted molar refractivity (Wildman–Crippen MR) is 80.0 cm³/mol. The van der Waals surface area contributed by atoms with Crippen LogP contribution in [-0.2, 0) is 6.54 Å². The molecule has 0 spiro atoms. The van der Waals surface area contributed by atoms with Crippen LogP contribution in [0.25, 0.3) is 0 Å². The van der Waals surface area contributed by atoms with E-state index in [9.17, 15) is 9.90 Å². The van der Waals surface area contributed by atoms with Gasteiger partial charge in [0.25, 0.3) is 5.91 Å². The van der Waals surface area contributed by atoms with Gasteiger partial charge in [-0.15, -0.1) is 0 Å². The number of nitrogens with one attached hydrogen (secondary N) is 1. The van der Waals surface area contributed by atoms with Crippen LogP contribution in [-0.4, -0.2) is 17.2 Å². The van der Waals surface area contributed by atoms with Gasteiger partial charge in [-0.2, -0.15) is 0 Å². The molecule has 0 aliphatic carbocycles. The van der Waals surface area contributed by atoms with Crippen molar-refractivity contribution in [1.29, 1.82) is 0 Å². The Morgan fingerprint density at radius 3 is 2.67 bits per heavy atom. The van der Waals surface area contributed by atoms with Gasteiger partial charge in [0.2, 0.25) is 0 Å². The number of benzene rings is 2. The summed E-state index contributed by atoms with van der Waals surface area (Å²) in [5.74, 6) is -0.378. The van der Waals surface area contributed by atoms with Gasteiger partial charge in [-0.3, -0.25) is 10.1 Å². The number of hydrogen-bond acceptors (Lipinski definition) is 4. The summed E-state index contributed by atoms with van der Waals surface area (Å²) in [6.07, 6.45) is -0.254. The van der Waals surface area contributed by atoms with E-state index in [2.05, 4.69) is 5.32 Å². The van der Waals surface area contributed by atoms with E-state index in [4.69, 9.17) is 10.5 Å². The summed E-state index contributed by atoms with van der Waals surface area (Å²) in [4.78, 5) is 11.2. The van der Waals surface area contributed by atoms with Gasteiger partial charge in [-0.1, -0.05) is 30.3 Å². The average Bonchev–Trinajstić information content (AvgIpc) is 2.48. The van der Waals surface area contributed by atoms with Crippen LogP contribution in [0.3, 0.4) is 0 Å². The number of hydrogen-bond donors (Lipinski definition) is 3. The van der Waals surface area contributed by atoms with E-state index in [1.807, 2.05) is 37.3 Å². The topological polar surface area (TPSA) is 84.6 Å². The lowest BCUT2D eigenvalue weighted by atomic mass is 10.2. The second kappa shape index (κ2) is 6.76. The first-order valence-corrected chi connectivity index (χ1v) is 6.63. The summed E-state index contributed by atoms with van der Waals surface area (Å²) >= 11 is 0. The van der Waals surface area contributed by atoms with E-state index in [1.165, 1.54) is 12.1 Å². The molecule has 5 nitrogen and oxygen atoms in total. The number of amides is 1. The van der Waals surface area contributed by atoms with Crippen LogP contribution in [0.4, 0.5) is 0 Å². The highest BCUT2D eigenvalue weighted by Gasteiger charge is 2.10. The minimum atomic E-state index is -0.692. The van der Waals surface area contributed by atoms with E-state index in [-0.39, 0.29) is 17.5 Å². The number of carbonyl (C=O) groups excluding carboxylic acids is 1. The van der Waals surface area contributed by atoms with Crippen molar-refractivity contribution >= 4 is 5.91 Å². The maximum absolute atomic E-state index is 11.2. The second-order valence-electron chi connectivity index (χ2n) is 4.67. The minimum Gasteiger partial charge on any atom is -0.507 e. The van der Waals surface area contributed by atoms with Gasteiger partial charge in [0.15, 0.2) is 0 Å². The third-order valence-corrected chi connectivity index (χ3v) is 2.98. The largest absolute Gasteiger partial charge is 0.507 e. The Kier molecular flexibility index (Phi) is 4.79. The molecule has 110 valence electrons. The summed E-state index contributed by atoms with van der Waals surface area (Å²) < 4.78 is 5.65. The highest BCUT2D eigenvalue weighted by Crippen LogP contribution is 2.23. The zero-order valence-corrected chi connectivity index (χ0v) is 11.7. The fourth-order valence-electron chi connectivity index (χ4n) is 1.89. The lowest BCUT2D eigenvalue weighted by molar-refractivity contribution is 0.0996. The highest BCUT2D eigenvalue weighted by molar-refractivity contribution is 5.95. The summed E-state index contributed by atoms with van der Waals surface area (Å²) in [7, 11) is 0. The summed E-state index contributed by atoms with van der Waals surface area (Å²) in [6, 6.07) is 14.4. The zero-order chi connectivity index (χ0) is 15.2. The molecular formula is C16H18N2O3. The van der Waals surface area contributed by atoms with Crippen molar-refractivity contribution in [3.63, 3.8) is 0 Å². The van der Waals surface area contributed by atoms with Crippen LogP contribution < -0.4 is 15.8 Å². The molecule has 0 aromatic heterocycles.